The van der Waals surface area contributed by atoms with Gasteiger partial charge in [0.05, 0.1) is 18.8 Å². The minimum absolute atomic E-state index is 0.0800. The van der Waals surface area contributed by atoms with Gasteiger partial charge in [-0.25, -0.2) is 9.78 Å². The van der Waals surface area contributed by atoms with Gasteiger partial charge in [-0.15, -0.1) is 0 Å². The van der Waals surface area contributed by atoms with Crippen LogP contribution in [0.2, 0.25) is 0 Å². The minimum atomic E-state index is -0.471. The van der Waals surface area contributed by atoms with E-state index in [-0.39, 0.29) is 17.6 Å². The molecule has 0 aromatic carbocycles. The Morgan fingerprint density at radius 2 is 1.76 bits per heavy atom. The molecule has 3 saturated carbocycles. The van der Waals surface area contributed by atoms with Gasteiger partial charge in [-0.2, -0.15) is 0 Å². The van der Waals surface area contributed by atoms with Gasteiger partial charge in [0.1, 0.15) is 6.10 Å². The molecule has 1 spiro atoms. The van der Waals surface area contributed by atoms with Crippen LogP contribution in [-0.2, 0) is 19.2 Å². The molecule has 29 heavy (non-hydrogen) atoms. The predicted molar refractivity (Wildman–Crippen MR) is 112 cm³/mol. The lowest BCUT2D eigenvalue weighted by molar-refractivity contribution is -0.394. The number of hydrogen-bond donors (Lipinski definition) is 0. The molecule has 4 heteroatoms. The lowest BCUT2D eigenvalue weighted by Crippen LogP contribution is -2.54. The Labute approximate surface area is 176 Å². The first-order valence-electron chi connectivity index (χ1n) is 12.2. The highest BCUT2D eigenvalue weighted by atomic mass is 17.2. The van der Waals surface area contributed by atoms with Crippen LogP contribution in [0.5, 0.6) is 0 Å². The predicted octanol–water partition coefficient (Wildman–Crippen LogP) is 5.81. The molecule has 4 fully saturated rings. The van der Waals surface area contributed by atoms with Crippen molar-refractivity contribution in [3.63, 3.8) is 0 Å². The molecule has 0 aromatic heterocycles. The number of rotatable bonds is 2. The van der Waals surface area contributed by atoms with Crippen molar-refractivity contribution in [2.45, 2.75) is 103 Å². The molecule has 0 bridgehead atoms. The van der Waals surface area contributed by atoms with Crippen molar-refractivity contribution in [3.05, 3.63) is 11.6 Å². The van der Waals surface area contributed by atoms with Crippen molar-refractivity contribution in [2.24, 2.45) is 29.1 Å². The van der Waals surface area contributed by atoms with Gasteiger partial charge in [0.15, 0.2) is 5.79 Å². The van der Waals surface area contributed by atoms with E-state index in [1.165, 1.54) is 44.9 Å². The fourth-order valence-corrected chi connectivity index (χ4v) is 7.45. The van der Waals surface area contributed by atoms with Crippen LogP contribution in [0.1, 0.15) is 85.5 Å². The highest BCUT2D eigenvalue weighted by Crippen LogP contribution is 2.63. The highest BCUT2D eigenvalue weighted by Gasteiger charge is 2.62. The summed E-state index contributed by atoms with van der Waals surface area (Å²) in [6.45, 7) is 10.3. The molecule has 1 heterocycles. The third-order valence-electron chi connectivity index (χ3n) is 8.69. The zero-order valence-corrected chi connectivity index (χ0v) is 18.9. The van der Waals surface area contributed by atoms with E-state index in [9.17, 15) is 0 Å². The van der Waals surface area contributed by atoms with Crippen LogP contribution in [0.3, 0.4) is 0 Å². The van der Waals surface area contributed by atoms with Crippen LogP contribution < -0.4 is 0 Å². The van der Waals surface area contributed by atoms with Crippen molar-refractivity contribution < 1.29 is 19.2 Å². The molecular formula is C25H40O4. The Balaban J connectivity index is 1.52. The van der Waals surface area contributed by atoms with Gasteiger partial charge in [0.2, 0.25) is 0 Å². The first-order chi connectivity index (χ1) is 13.8. The average molecular weight is 405 g/mol. The summed E-state index contributed by atoms with van der Waals surface area (Å²) in [6.07, 6.45) is 13.8. The van der Waals surface area contributed by atoms with Crippen LogP contribution in [0.25, 0.3) is 0 Å². The fourth-order valence-electron chi connectivity index (χ4n) is 7.45. The van der Waals surface area contributed by atoms with Crippen molar-refractivity contribution in [1.82, 2.24) is 0 Å². The Kier molecular flexibility index (Phi) is 5.17. The second-order valence-corrected chi connectivity index (χ2v) is 11.5. The quantitative estimate of drug-likeness (QED) is 0.331. The van der Waals surface area contributed by atoms with Gasteiger partial charge in [0.25, 0.3) is 0 Å². The lowest BCUT2D eigenvalue weighted by Gasteiger charge is -2.55. The molecule has 0 radical (unpaired) electrons. The molecule has 4 aliphatic carbocycles. The van der Waals surface area contributed by atoms with Crippen molar-refractivity contribution in [3.8, 4) is 0 Å². The third-order valence-corrected chi connectivity index (χ3v) is 8.69. The van der Waals surface area contributed by atoms with Gasteiger partial charge in [0, 0.05) is 12.3 Å². The summed E-state index contributed by atoms with van der Waals surface area (Å²) in [5.41, 5.74) is 1.71. The summed E-state index contributed by atoms with van der Waals surface area (Å²) in [7, 11) is 0. The summed E-state index contributed by atoms with van der Waals surface area (Å²) in [5.74, 6) is 1.87. The van der Waals surface area contributed by atoms with Gasteiger partial charge in [-0.05, 0) is 82.5 Å². The summed E-state index contributed by atoms with van der Waals surface area (Å²) in [6, 6.07) is 0. The average Bonchev–Trinajstić information content (AvgIpc) is 3.05. The number of ether oxygens (including phenoxy) is 2. The lowest BCUT2D eigenvalue weighted by atomic mass is 9.51. The summed E-state index contributed by atoms with van der Waals surface area (Å²) in [4.78, 5) is 12.1. The van der Waals surface area contributed by atoms with E-state index in [1.54, 1.807) is 5.57 Å². The molecule has 4 nitrogen and oxygen atoms in total. The summed E-state index contributed by atoms with van der Waals surface area (Å²) in [5, 5.41) is 0. The van der Waals surface area contributed by atoms with Crippen LogP contribution in [0.15, 0.2) is 11.6 Å². The Morgan fingerprint density at radius 1 is 0.966 bits per heavy atom. The Bertz CT molecular complexity index is 644. The van der Waals surface area contributed by atoms with Crippen LogP contribution in [0, 0.1) is 29.1 Å². The molecule has 1 aliphatic heterocycles. The monoisotopic (exact) mass is 404 g/mol. The zero-order chi connectivity index (χ0) is 20.3. The minimum Gasteiger partial charge on any atom is -0.349 e. The van der Waals surface area contributed by atoms with E-state index >= 15 is 0 Å². The normalized spacial score (nSPS) is 44.0. The Hall–Kier alpha value is -0.420. The van der Waals surface area contributed by atoms with Crippen molar-refractivity contribution >= 4 is 0 Å². The van der Waals surface area contributed by atoms with Crippen LogP contribution in [-0.4, -0.2) is 30.7 Å². The third kappa shape index (κ3) is 3.43. The maximum absolute atomic E-state index is 6.38. The molecule has 0 N–H and O–H groups in total. The van der Waals surface area contributed by atoms with E-state index in [1.807, 2.05) is 0 Å². The molecule has 0 amide bonds. The van der Waals surface area contributed by atoms with Crippen LogP contribution in [0.4, 0.5) is 0 Å². The van der Waals surface area contributed by atoms with Crippen molar-refractivity contribution in [1.29, 1.82) is 0 Å². The van der Waals surface area contributed by atoms with Crippen molar-refractivity contribution in [2.75, 3.05) is 13.2 Å². The molecule has 3 unspecified atom stereocenters. The first-order valence-corrected chi connectivity index (χ1v) is 12.2. The molecule has 0 aromatic rings. The Morgan fingerprint density at radius 3 is 2.52 bits per heavy atom. The van der Waals surface area contributed by atoms with Crippen LogP contribution >= 0.6 is 0 Å². The van der Waals surface area contributed by atoms with E-state index in [0.29, 0.717) is 17.3 Å². The second-order valence-electron chi connectivity index (χ2n) is 11.5. The van der Waals surface area contributed by atoms with E-state index in [2.05, 4.69) is 33.8 Å². The maximum atomic E-state index is 6.38. The highest BCUT2D eigenvalue weighted by molar-refractivity contribution is 5.30. The summed E-state index contributed by atoms with van der Waals surface area (Å²) < 4.78 is 12.8. The molecule has 6 atom stereocenters. The van der Waals surface area contributed by atoms with E-state index in [4.69, 9.17) is 19.2 Å². The first kappa shape index (κ1) is 20.5. The number of hydrogen-bond acceptors (Lipinski definition) is 4. The van der Waals surface area contributed by atoms with Gasteiger partial charge in [-0.1, -0.05) is 31.4 Å². The standard InChI is InChI=1S/C25H40O4/c1-23(2,3)29-28-21-16-20-18(10-9-17-8-5-6-12-24(17,20)4)19-11-13-25(22(19)21)26-14-7-15-27-25/h16-19,21-22H,5-15H2,1-4H3/t17?,18-,19?,21?,22+,24-/m0/s1. The van der Waals surface area contributed by atoms with E-state index in [0.717, 1.165) is 32.0 Å². The zero-order valence-electron chi connectivity index (χ0n) is 18.9. The van der Waals surface area contributed by atoms with Gasteiger partial charge in [-0.3, -0.25) is 0 Å². The number of fused-ring (bicyclic) bond motifs is 6. The fraction of sp³-hybridized carbons (Fsp3) is 0.920. The maximum Gasteiger partial charge on any atom is 0.174 e. The second kappa shape index (κ2) is 7.32. The SMILES string of the molecule is CC(C)(C)OOC1C=C2[C@@H](CCC3CCCC[C@]23C)C2CCC3(OCCCO3)[C@@H]12. The van der Waals surface area contributed by atoms with E-state index < -0.39 is 5.79 Å². The van der Waals surface area contributed by atoms with Gasteiger partial charge < -0.3 is 9.47 Å². The molecule has 164 valence electrons. The largest absolute Gasteiger partial charge is 0.349 e. The molecule has 5 rings (SSSR count). The smallest absolute Gasteiger partial charge is 0.174 e. The summed E-state index contributed by atoms with van der Waals surface area (Å²) >= 11 is 0. The van der Waals surface area contributed by atoms with Gasteiger partial charge >= 0.3 is 0 Å². The topological polar surface area (TPSA) is 36.9 Å². The molecular weight excluding hydrogens is 364 g/mol. The molecule has 1 saturated heterocycles. The number of allylic oxidation sites excluding steroid dienone is 1. The molecule has 5 aliphatic rings.